The van der Waals surface area contributed by atoms with Crippen molar-refractivity contribution in [2.45, 2.75) is 26.2 Å². The van der Waals surface area contributed by atoms with Gasteiger partial charge in [-0.3, -0.25) is 9.69 Å². The molecule has 2 aromatic heterocycles. The van der Waals surface area contributed by atoms with Crippen LogP contribution >= 0.6 is 0 Å². The van der Waals surface area contributed by atoms with Crippen LogP contribution in [0.25, 0.3) is 5.78 Å². The fourth-order valence-corrected chi connectivity index (χ4v) is 3.39. The second kappa shape index (κ2) is 7.77. The highest BCUT2D eigenvalue weighted by molar-refractivity contribution is 5.77. The molecule has 0 radical (unpaired) electrons. The van der Waals surface area contributed by atoms with Crippen LogP contribution in [-0.4, -0.2) is 70.7 Å². The van der Waals surface area contributed by atoms with Crippen molar-refractivity contribution in [3.05, 3.63) is 18.1 Å². The minimum absolute atomic E-state index is 0.0908. The number of aromatic nitrogens is 4. The Balaban J connectivity index is 1.63. The molecule has 0 aliphatic carbocycles. The normalized spacial score (nSPS) is 16.3. The largest absolute Gasteiger partial charge is 0.359 e. The van der Waals surface area contributed by atoms with Crippen LogP contribution in [0.1, 0.15) is 25.5 Å². The Bertz CT molecular complexity index is 721. The number of likely N-dealkylation sites (tertiary alicyclic amines) is 1. The molecule has 1 aliphatic rings. The van der Waals surface area contributed by atoms with Gasteiger partial charge in [-0.05, 0) is 38.3 Å². The number of amides is 1. The molecule has 1 saturated heterocycles. The van der Waals surface area contributed by atoms with E-state index >= 15 is 0 Å². The Morgan fingerprint density at radius 3 is 2.84 bits per heavy atom. The number of nitrogens with one attached hydrogen (secondary N) is 1. The van der Waals surface area contributed by atoms with Gasteiger partial charge in [0.15, 0.2) is 0 Å². The number of fused-ring (bicyclic) bond motifs is 1. The summed E-state index contributed by atoms with van der Waals surface area (Å²) in [5, 5.41) is 7.00. The van der Waals surface area contributed by atoms with Crippen molar-refractivity contribution in [3.8, 4) is 0 Å². The van der Waals surface area contributed by atoms with Gasteiger partial charge < -0.3 is 10.2 Å². The first kappa shape index (κ1) is 17.6. The summed E-state index contributed by atoms with van der Waals surface area (Å²) in [5.41, 5.74) is 1.03. The number of carbonyl (C=O) groups is 1. The smallest absolute Gasteiger partial charge is 0.254 e. The van der Waals surface area contributed by atoms with Gasteiger partial charge >= 0.3 is 0 Å². The highest BCUT2D eigenvalue weighted by Crippen LogP contribution is 2.22. The van der Waals surface area contributed by atoms with Gasteiger partial charge in [-0.2, -0.15) is 14.6 Å². The van der Waals surface area contributed by atoms with E-state index in [2.05, 4.69) is 50.2 Å². The summed E-state index contributed by atoms with van der Waals surface area (Å²) in [4.78, 5) is 24.7. The predicted molar refractivity (Wildman–Crippen MR) is 96.7 cm³/mol. The van der Waals surface area contributed by atoms with Crippen LogP contribution in [0.15, 0.2) is 12.4 Å². The molecule has 25 heavy (non-hydrogen) atoms. The zero-order valence-electron chi connectivity index (χ0n) is 15.3. The fourth-order valence-electron chi connectivity index (χ4n) is 3.39. The highest BCUT2D eigenvalue weighted by atomic mass is 16.1. The number of carbonyl (C=O) groups excluding carboxylic acids is 1. The molecule has 0 saturated carbocycles. The minimum atomic E-state index is 0.0908. The predicted octanol–water partition coefficient (Wildman–Crippen LogP) is 0.581. The maximum absolute atomic E-state index is 11.5. The molecule has 1 aliphatic heterocycles. The third kappa shape index (κ3) is 4.07. The molecule has 0 aromatic carbocycles. The molecular weight excluding hydrogens is 318 g/mol. The summed E-state index contributed by atoms with van der Waals surface area (Å²) in [6.45, 7) is 5.52. The SMILES string of the molecule is CCc1cc(N(C)CC2CCN(CC(=O)NC)CC2)n2ncnc2n1. The number of rotatable bonds is 6. The van der Waals surface area contributed by atoms with Crippen molar-refractivity contribution in [2.75, 3.05) is 45.2 Å². The molecule has 1 amide bonds. The number of aryl methyl sites for hydroxylation is 1. The van der Waals surface area contributed by atoms with Crippen molar-refractivity contribution in [2.24, 2.45) is 5.92 Å². The number of nitrogens with zero attached hydrogens (tertiary/aromatic N) is 6. The van der Waals surface area contributed by atoms with E-state index in [4.69, 9.17) is 0 Å². The second-order valence-corrected chi connectivity index (χ2v) is 6.70. The standard InChI is InChI=1S/C17H27N7O/c1-4-14-9-16(24-17(21-14)19-12-20-24)22(3)10-13-5-7-23(8-6-13)11-15(25)18-2/h9,12-13H,4-8,10-11H2,1-3H3,(H,18,25). The quantitative estimate of drug-likeness (QED) is 0.825. The van der Waals surface area contributed by atoms with Crippen molar-refractivity contribution >= 4 is 17.5 Å². The van der Waals surface area contributed by atoms with E-state index in [0.29, 0.717) is 18.2 Å². The summed E-state index contributed by atoms with van der Waals surface area (Å²) in [6.07, 6.45) is 4.64. The molecule has 3 rings (SSSR count). The van der Waals surface area contributed by atoms with E-state index in [-0.39, 0.29) is 5.91 Å². The van der Waals surface area contributed by atoms with E-state index in [1.165, 1.54) is 0 Å². The summed E-state index contributed by atoms with van der Waals surface area (Å²) < 4.78 is 1.81. The van der Waals surface area contributed by atoms with Crippen molar-refractivity contribution < 1.29 is 4.79 Å². The van der Waals surface area contributed by atoms with E-state index in [1.807, 2.05) is 0 Å². The third-order valence-electron chi connectivity index (χ3n) is 4.92. The van der Waals surface area contributed by atoms with Crippen molar-refractivity contribution in [3.63, 3.8) is 0 Å². The molecule has 8 nitrogen and oxygen atoms in total. The van der Waals surface area contributed by atoms with E-state index in [1.54, 1.807) is 17.9 Å². The molecule has 0 bridgehead atoms. The van der Waals surface area contributed by atoms with Gasteiger partial charge in [-0.25, -0.2) is 4.98 Å². The van der Waals surface area contributed by atoms with Gasteiger partial charge in [0.1, 0.15) is 12.1 Å². The molecule has 1 N–H and O–H groups in total. The van der Waals surface area contributed by atoms with E-state index in [0.717, 1.165) is 50.4 Å². The highest BCUT2D eigenvalue weighted by Gasteiger charge is 2.22. The molecule has 0 atom stereocenters. The summed E-state index contributed by atoms with van der Waals surface area (Å²) in [7, 11) is 3.79. The number of likely N-dealkylation sites (N-methyl/N-ethyl adjacent to an activating group) is 1. The lowest BCUT2D eigenvalue weighted by atomic mass is 9.96. The first-order valence-electron chi connectivity index (χ1n) is 8.94. The second-order valence-electron chi connectivity index (χ2n) is 6.70. The maximum Gasteiger partial charge on any atom is 0.254 e. The molecule has 136 valence electrons. The van der Waals surface area contributed by atoms with Gasteiger partial charge in [-0.1, -0.05) is 6.92 Å². The fraction of sp³-hybridized carbons (Fsp3) is 0.647. The lowest BCUT2D eigenvalue weighted by Gasteiger charge is -2.34. The average Bonchev–Trinajstić information content (AvgIpc) is 3.10. The number of anilines is 1. The van der Waals surface area contributed by atoms with Crippen LogP contribution in [0.5, 0.6) is 0 Å². The van der Waals surface area contributed by atoms with Crippen LogP contribution in [0.2, 0.25) is 0 Å². The average molecular weight is 345 g/mol. The zero-order chi connectivity index (χ0) is 17.8. The first-order chi connectivity index (χ1) is 12.1. The topological polar surface area (TPSA) is 78.7 Å². The summed E-state index contributed by atoms with van der Waals surface area (Å²) in [6, 6.07) is 2.10. The van der Waals surface area contributed by atoms with Crippen LogP contribution < -0.4 is 10.2 Å². The Kier molecular flexibility index (Phi) is 5.47. The monoisotopic (exact) mass is 345 g/mol. The zero-order valence-corrected chi connectivity index (χ0v) is 15.3. The third-order valence-corrected chi connectivity index (χ3v) is 4.92. The lowest BCUT2D eigenvalue weighted by Crippen LogP contribution is -2.42. The van der Waals surface area contributed by atoms with Gasteiger partial charge in [-0.15, -0.1) is 0 Å². The summed E-state index contributed by atoms with van der Waals surface area (Å²) >= 11 is 0. The van der Waals surface area contributed by atoms with Gasteiger partial charge in [0.2, 0.25) is 5.91 Å². The first-order valence-corrected chi connectivity index (χ1v) is 8.94. The summed E-state index contributed by atoms with van der Waals surface area (Å²) in [5.74, 6) is 2.39. The van der Waals surface area contributed by atoms with Crippen LogP contribution in [-0.2, 0) is 11.2 Å². The molecule has 0 unspecified atom stereocenters. The van der Waals surface area contributed by atoms with Gasteiger partial charge in [0.05, 0.1) is 6.54 Å². The van der Waals surface area contributed by atoms with E-state index < -0.39 is 0 Å². The maximum atomic E-state index is 11.5. The number of piperidine rings is 1. The molecule has 8 heteroatoms. The Morgan fingerprint density at radius 1 is 1.40 bits per heavy atom. The molecular formula is C17H27N7O. The van der Waals surface area contributed by atoms with Gasteiger partial charge in [0, 0.05) is 32.4 Å². The lowest BCUT2D eigenvalue weighted by molar-refractivity contribution is -0.122. The van der Waals surface area contributed by atoms with E-state index in [9.17, 15) is 4.79 Å². The van der Waals surface area contributed by atoms with Crippen LogP contribution in [0.3, 0.4) is 0 Å². The van der Waals surface area contributed by atoms with Gasteiger partial charge in [0.25, 0.3) is 5.78 Å². The number of hydrogen-bond acceptors (Lipinski definition) is 6. The molecule has 1 fully saturated rings. The van der Waals surface area contributed by atoms with Crippen LogP contribution in [0.4, 0.5) is 5.82 Å². The Labute approximate surface area is 148 Å². The van der Waals surface area contributed by atoms with Crippen LogP contribution in [0, 0.1) is 5.92 Å². The molecule has 0 spiro atoms. The minimum Gasteiger partial charge on any atom is -0.359 e. The molecule has 2 aromatic rings. The number of hydrogen-bond donors (Lipinski definition) is 1. The molecule has 3 heterocycles. The van der Waals surface area contributed by atoms with Crippen molar-refractivity contribution in [1.82, 2.24) is 29.8 Å². The Hall–Kier alpha value is -2.22. The van der Waals surface area contributed by atoms with Crippen molar-refractivity contribution in [1.29, 1.82) is 0 Å². The Morgan fingerprint density at radius 2 is 2.16 bits per heavy atom.